The monoisotopic (exact) mass is 225 g/mol. The van der Waals surface area contributed by atoms with Gasteiger partial charge in [0.1, 0.15) is 0 Å². The summed E-state index contributed by atoms with van der Waals surface area (Å²) in [6.45, 7) is 8.00. The molecule has 0 amide bonds. The number of hydrogen-bond acceptors (Lipinski definition) is 3. The van der Waals surface area contributed by atoms with Gasteiger partial charge in [-0.05, 0) is 33.2 Å². The Kier molecular flexibility index (Phi) is 6.85. The van der Waals surface area contributed by atoms with Crippen molar-refractivity contribution in [3.63, 3.8) is 0 Å². The lowest BCUT2D eigenvalue weighted by molar-refractivity contribution is 0.0809. The maximum absolute atomic E-state index is 5.43. The van der Waals surface area contributed by atoms with E-state index in [2.05, 4.69) is 28.7 Å². The highest BCUT2D eigenvalue weighted by molar-refractivity contribution is 4.73. The Labute approximate surface area is 98.0 Å². The number of unbranched alkanes of at least 4 members (excludes halogenated alkanes) is 1. The van der Waals surface area contributed by atoms with E-state index < -0.39 is 0 Å². The molecule has 1 aromatic heterocycles. The summed E-state index contributed by atoms with van der Waals surface area (Å²) < 4.78 is 7.55. The molecule has 4 heteroatoms. The molecule has 1 N–H and O–H groups in total. The second kappa shape index (κ2) is 8.30. The standard InChI is InChI=1S/C12H23N3O/c1-12(2)16-10-7-13-5-3-4-8-15-9-6-14-11-15/h6,9,11-13H,3-5,7-8,10H2,1-2H3. The first-order chi connectivity index (χ1) is 7.79. The summed E-state index contributed by atoms with van der Waals surface area (Å²) in [6.07, 6.45) is 8.41. The number of imidazole rings is 1. The molecule has 4 nitrogen and oxygen atoms in total. The van der Waals surface area contributed by atoms with Gasteiger partial charge in [0.05, 0.1) is 19.0 Å². The van der Waals surface area contributed by atoms with Crippen LogP contribution in [0.2, 0.25) is 0 Å². The maximum Gasteiger partial charge on any atom is 0.0945 e. The Morgan fingerprint density at radius 3 is 2.88 bits per heavy atom. The Hall–Kier alpha value is -0.870. The third-order valence-corrected chi connectivity index (χ3v) is 2.31. The highest BCUT2D eigenvalue weighted by Gasteiger charge is 1.93. The van der Waals surface area contributed by atoms with Gasteiger partial charge < -0.3 is 14.6 Å². The molecule has 0 radical (unpaired) electrons. The van der Waals surface area contributed by atoms with E-state index in [-0.39, 0.29) is 0 Å². The smallest absolute Gasteiger partial charge is 0.0945 e. The van der Waals surface area contributed by atoms with E-state index in [0.717, 1.165) is 26.2 Å². The van der Waals surface area contributed by atoms with E-state index >= 15 is 0 Å². The molecule has 0 fully saturated rings. The minimum Gasteiger partial charge on any atom is -0.377 e. The first-order valence-electron chi connectivity index (χ1n) is 6.07. The summed E-state index contributed by atoms with van der Waals surface area (Å²) in [5.41, 5.74) is 0. The van der Waals surface area contributed by atoms with Gasteiger partial charge in [0.25, 0.3) is 0 Å². The predicted octanol–water partition coefficient (Wildman–Crippen LogP) is 1.68. The van der Waals surface area contributed by atoms with Crippen molar-refractivity contribution in [2.75, 3.05) is 19.7 Å². The van der Waals surface area contributed by atoms with Crippen LogP contribution in [0.3, 0.4) is 0 Å². The molecule has 16 heavy (non-hydrogen) atoms. The van der Waals surface area contributed by atoms with Crippen LogP contribution < -0.4 is 5.32 Å². The van der Waals surface area contributed by atoms with Crippen molar-refractivity contribution in [1.29, 1.82) is 0 Å². The maximum atomic E-state index is 5.43. The normalized spacial score (nSPS) is 11.2. The van der Waals surface area contributed by atoms with Crippen molar-refractivity contribution < 1.29 is 4.74 Å². The number of nitrogens with one attached hydrogen (secondary N) is 1. The number of ether oxygens (including phenoxy) is 1. The molecule has 0 bridgehead atoms. The van der Waals surface area contributed by atoms with E-state index in [0.29, 0.717) is 6.10 Å². The lowest BCUT2D eigenvalue weighted by Crippen LogP contribution is -2.22. The van der Waals surface area contributed by atoms with Gasteiger partial charge in [0.2, 0.25) is 0 Å². The summed E-state index contributed by atoms with van der Waals surface area (Å²) in [4.78, 5) is 4.01. The highest BCUT2D eigenvalue weighted by atomic mass is 16.5. The van der Waals surface area contributed by atoms with E-state index in [1.165, 1.54) is 12.8 Å². The lowest BCUT2D eigenvalue weighted by Gasteiger charge is -2.08. The van der Waals surface area contributed by atoms with Crippen molar-refractivity contribution in [2.45, 2.75) is 39.3 Å². The second-order valence-corrected chi connectivity index (χ2v) is 4.18. The topological polar surface area (TPSA) is 39.1 Å². The Morgan fingerprint density at radius 1 is 1.31 bits per heavy atom. The van der Waals surface area contributed by atoms with Crippen LogP contribution in [0.5, 0.6) is 0 Å². The Morgan fingerprint density at radius 2 is 2.19 bits per heavy atom. The lowest BCUT2D eigenvalue weighted by atomic mass is 10.3. The molecular weight excluding hydrogens is 202 g/mol. The van der Waals surface area contributed by atoms with Gasteiger partial charge in [-0.25, -0.2) is 4.98 Å². The third kappa shape index (κ3) is 6.58. The number of hydrogen-bond donors (Lipinski definition) is 1. The molecule has 0 aliphatic heterocycles. The van der Waals surface area contributed by atoms with E-state index in [1.54, 1.807) is 0 Å². The second-order valence-electron chi connectivity index (χ2n) is 4.18. The highest BCUT2D eigenvalue weighted by Crippen LogP contribution is 1.93. The summed E-state index contributed by atoms with van der Waals surface area (Å²) >= 11 is 0. The van der Waals surface area contributed by atoms with Crippen LogP contribution in [0.15, 0.2) is 18.7 Å². The number of aromatic nitrogens is 2. The molecule has 0 saturated carbocycles. The van der Waals surface area contributed by atoms with E-state index in [9.17, 15) is 0 Å². The van der Waals surface area contributed by atoms with Crippen LogP contribution in [-0.2, 0) is 11.3 Å². The van der Waals surface area contributed by atoms with Gasteiger partial charge in [-0.1, -0.05) is 0 Å². The average molecular weight is 225 g/mol. The fourth-order valence-electron chi connectivity index (χ4n) is 1.46. The Bertz CT molecular complexity index is 247. The number of nitrogens with zero attached hydrogens (tertiary/aromatic N) is 2. The van der Waals surface area contributed by atoms with Crippen LogP contribution in [0.25, 0.3) is 0 Å². The van der Waals surface area contributed by atoms with Gasteiger partial charge in [-0.2, -0.15) is 0 Å². The van der Waals surface area contributed by atoms with Crippen LogP contribution in [-0.4, -0.2) is 35.4 Å². The number of rotatable bonds is 9. The van der Waals surface area contributed by atoms with Gasteiger partial charge in [0, 0.05) is 25.5 Å². The first-order valence-corrected chi connectivity index (χ1v) is 6.07. The zero-order valence-corrected chi connectivity index (χ0v) is 10.4. The molecular formula is C12H23N3O. The molecule has 92 valence electrons. The van der Waals surface area contributed by atoms with Crippen LogP contribution >= 0.6 is 0 Å². The molecule has 0 spiro atoms. The van der Waals surface area contributed by atoms with Crippen molar-refractivity contribution in [3.8, 4) is 0 Å². The van der Waals surface area contributed by atoms with Gasteiger partial charge in [-0.15, -0.1) is 0 Å². The van der Waals surface area contributed by atoms with Crippen molar-refractivity contribution in [3.05, 3.63) is 18.7 Å². The molecule has 0 aliphatic carbocycles. The minimum atomic E-state index is 0.336. The molecule has 0 aliphatic rings. The molecule has 1 heterocycles. The summed E-state index contributed by atoms with van der Waals surface area (Å²) in [6, 6.07) is 0. The van der Waals surface area contributed by atoms with Crippen molar-refractivity contribution >= 4 is 0 Å². The number of aryl methyl sites for hydroxylation is 1. The van der Waals surface area contributed by atoms with Crippen molar-refractivity contribution in [2.24, 2.45) is 0 Å². The zero-order valence-electron chi connectivity index (χ0n) is 10.4. The molecule has 0 aromatic carbocycles. The predicted molar refractivity (Wildman–Crippen MR) is 65.4 cm³/mol. The summed E-state index contributed by atoms with van der Waals surface area (Å²) in [5.74, 6) is 0. The average Bonchev–Trinajstić information content (AvgIpc) is 2.74. The van der Waals surface area contributed by atoms with Gasteiger partial charge in [-0.3, -0.25) is 0 Å². The molecule has 0 saturated heterocycles. The minimum absolute atomic E-state index is 0.336. The van der Waals surface area contributed by atoms with Gasteiger partial charge in [0.15, 0.2) is 0 Å². The SMILES string of the molecule is CC(C)OCCNCCCCn1ccnc1. The van der Waals surface area contributed by atoms with E-state index in [1.807, 2.05) is 18.7 Å². The Balaban J connectivity index is 1.82. The fourth-order valence-corrected chi connectivity index (χ4v) is 1.46. The van der Waals surface area contributed by atoms with Crippen LogP contribution in [0.4, 0.5) is 0 Å². The molecule has 1 rings (SSSR count). The molecule has 0 atom stereocenters. The van der Waals surface area contributed by atoms with Crippen LogP contribution in [0, 0.1) is 0 Å². The fraction of sp³-hybridized carbons (Fsp3) is 0.750. The summed E-state index contributed by atoms with van der Waals surface area (Å²) in [5, 5.41) is 3.37. The third-order valence-electron chi connectivity index (χ3n) is 2.31. The molecule has 0 unspecified atom stereocenters. The summed E-state index contributed by atoms with van der Waals surface area (Å²) in [7, 11) is 0. The first kappa shape index (κ1) is 13.2. The van der Waals surface area contributed by atoms with Crippen molar-refractivity contribution in [1.82, 2.24) is 14.9 Å². The largest absolute Gasteiger partial charge is 0.377 e. The van der Waals surface area contributed by atoms with Gasteiger partial charge >= 0.3 is 0 Å². The zero-order chi connectivity index (χ0) is 11.6. The van der Waals surface area contributed by atoms with Crippen LogP contribution in [0.1, 0.15) is 26.7 Å². The molecule has 1 aromatic rings. The van der Waals surface area contributed by atoms with E-state index in [4.69, 9.17) is 4.74 Å². The quantitative estimate of drug-likeness (QED) is 0.650.